The number of nitrogens with zero attached hydrogens (tertiary/aromatic N) is 2. The van der Waals surface area contributed by atoms with Gasteiger partial charge in [-0.1, -0.05) is 51.1 Å². The third kappa shape index (κ3) is 10.6. The van der Waals surface area contributed by atoms with Crippen LogP contribution in [-0.4, -0.2) is 58.0 Å². The van der Waals surface area contributed by atoms with Crippen molar-refractivity contribution in [1.82, 2.24) is 4.98 Å². The lowest BCUT2D eigenvalue weighted by Gasteiger charge is -2.33. The van der Waals surface area contributed by atoms with Gasteiger partial charge in [0.15, 0.2) is 0 Å². The number of carboxylic acids is 1. The number of ether oxygens (including phenoxy) is 1. The first kappa shape index (κ1) is 32.2. The van der Waals surface area contributed by atoms with Gasteiger partial charge in [0.2, 0.25) is 0 Å². The molecular formula is C29H37ClN2O6S. The monoisotopic (exact) mass is 576 g/mol. The maximum Gasteiger partial charge on any atom is 0.303 e. The van der Waals surface area contributed by atoms with E-state index < -0.39 is 17.5 Å². The summed E-state index contributed by atoms with van der Waals surface area (Å²) in [5.41, 5.74) is 1.09. The smallest absolute Gasteiger partial charge is 0.303 e. The zero-order chi connectivity index (χ0) is 29.0. The van der Waals surface area contributed by atoms with Crippen molar-refractivity contribution in [3.05, 3.63) is 81.5 Å². The first-order valence-electron chi connectivity index (χ1n) is 12.6. The number of hydrogen-bond donors (Lipinski definition) is 3. The highest BCUT2D eigenvalue weighted by atomic mass is 35.5. The van der Waals surface area contributed by atoms with E-state index >= 15 is 0 Å². The molecule has 3 N–H and O–H groups in total. The number of aliphatic hydroxyl groups is 2. The number of amides is 1. The number of aliphatic hydroxyl groups excluding tert-OH is 2. The second-order valence-corrected chi connectivity index (χ2v) is 11.2. The van der Waals surface area contributed by atoms with Crippen molar-refractivity contribution in [3.8, 4) is 0 Å². The van der Waals surface area contributed by atoms with Crippen molar-refractivity contribution < 1.29 is 29.6 Å². The summed E-state index contributed by atoms with van der Waals surface area (Å²) in [4.78, 5) is 31.1. The molecule has 0 aliphatic rings. The van der Waals surface area contributed by atoms with Crippen molar-refractivity contribution >= 4 is 40.5 Å². The number of benzene rings is 1. The third-order valence-electron chi connectivity index (χ3n) is 5.77. The van der Waals surface area contributed by atoms with Gasteiger partial charge < -0.3 is 25.0 Å². The summed E-state index contributed by atoms with van der Waals surface area (Å²) in [6.45, 7) is 9.30. The fraction of sp³-hybridized carbons (Fsp3) is 0.414. The van der Waals surface area contributed by atoms with Crippen LogP contribution in [0.5, 0.6) is 0 Å². The molecule has 39 heavy (non-hydrogen) atoms. The van der Waals surface area contributed by atoms with Gasteiger partial charge in [-0.15, -0.1) is 11.3 Å². The summed E-state index contributed by atoms with van der Waals surface area (Å²) >= 11 is 7.42. The number of aryl methyl sites for hydroxylation is 1. The number of aliphatic carboxylic acids is 1. The summed E-state index contributed by atoms with van der Waals surface area (Å²) < 4.78 is 6.15. The van der Waals surface area contributed by atoms with Crippen LogP contribution in [0.3, 0.4) is 0 Å². The van der Waals surface area contributed by atoms with Crippen LogP contribution in [0.1, 0.15) is 44.3 Å². The summed E-state index contributed by atoms with van der Waals surface area (Å²) in [7, 11) is 0. The van der Waals surface area contributed by atoms with E-state index in [1.165, 1.54) is 17.4 Å². The summed E-state index contributed by atoms with van der Waals surface area (Å²) in [6, 6.07) is 6.84. The van der Waals surface area contributed by atoms with E-state index in [-0.39, 0.29) is 50.7 Å². The number of allylic oxidation sites excluding steroid dienone is 2. The number of carbonyl (C=O) groups is 2. The Labute approximate surface area is 238 Å². The minimum Gasteiger partial charge on any atom is -0.508 e. The average Bonchev–Trinajstić information content (AvgIpc) is 3.37. The van der Waals surface area contributed by atoms with Gasteiger partial charge in [0.05, 0.1) is 23.7 Å². The standard InChI is InChI=1S/C29H37ClN2O6S/c1-5-7-8-20(24(34)6-2)16-38-25(15-26-31-22(17-39-26)11-14-27(35)36)28(37)32(18-29(3,4)19-33)23-12-9-21(30)10-13-23/h6-10,12-13,17,25,33-34H,2,5,11,14-16,18-19H2,1,3-4H3,(H,35,36)/b8-7-,24-20-/t25-/m1/s1. The third-order valence-corrected chi connectivity index (χ3v) is 6.94. The Bertz CT molecular complexity index is 1170. The molecule has 0 aliphatic carbocycles. The lowest BCUT2D eigenvalue weighted by molar-refractivity contribution is -0.137. The van der Waals surface area contributed by atoms with Crippen LogP contribution < -0.4 is 4.90 Å². The molecule has 0 unspecified atom stereocenters. The minimum absolute atomic E-state index is 0.0403. The lowest BCUT2D eigenvalue weighted by atomic mass is 9.93. The molecule has 10 heteroatoms. The Balaban J connectivity index is 2.44. The van der Waals surface area contributed by atoms with Crippen LogP contribution in [0.2, 0.25) is 5.02 Å². The molecule has 212 valence electrons. The van der Waals surface area contributed by atoms with Crippen molar-refractivity contribution in [2.45, 2.75) is 52.6 Å². The van der Waals surface area contributed by atoms with Gasteiger partial charge in [0.25, 0.3) is 5.91 Å². The van der Waals surface area contributed by atoms with Gasteiger partial charge in [0.1, 0.15) is 11.9 Å². The molecule has 0 saturated carbocycles. The molecule has 2 rings (SSSR count). The van der Waals surface area contributed by atoms with E-state index in [9.17, 15) is 19.8 Å². The quantitative estimate of drug-likeness (QED) is 0.172. The van der Waals surface area contributed by atoms with Gasteiger partial charge in [-0.2, -0.15) is 0 Å². The molecule has 8 nitrogen and oxygen atoms in total. The van der Waals surface area contributed by atoms with Crippen molar-refractivity contribution in [2.75, 3.05) is 24.7 Å². The van der Waals surface area contributed by atoms with Crippen molar-refractivity contribution in [2.24, 2.45) is 5.41 Å². The van der Waals surface area contributed by atoms with Crippen LogP contribution in [0.4, 0.5) is 5.69 Å². The van der Waals surface area contributed by atoms with Gasteiger partial charge >= 0.3 is 5.97 Å². The fourth-order valence-corrected chi connectivity index (χ4v) is 4.51. The van der Waals surface area contributed by atoms with E-state index in [2.05, 4.69) is 11.6 Å². The molecule has 0 aliphatic heterocycles. The minimum atomic E-state index is -0.990. The highest BCUT2D eigenvalue weighted by molar-refractivity contribution is 7.09. The number of aromatic nitrogens is 1. The predicted octanol–water partition coefficient (Wildman–Crippen LogP) is 5.76. The number of anilines is 1. The summed E-state index contributed by atoms with van der Waals surface area (Å²) in [5.74, 6) is -1.31. The number of hydrogen-bond acceptors (Lipinski definition) is 7. The Kier molecular flexibility index (Phi) is 12.9. The lowest BCUT2D eigenvalue weighted by Crippen LogP contribution is -2.47. The molecular weight excluding hydrogens is 540 g/mol. The van der Waals surface area contributed by atoms with Crippen LogP contribution in [0.25, 0.3) is 0 Å². The van der Waals surface area contributed by atoms with Gasteiger partial charge in [0, 0.05) is 53.1 Å². The molecule has 2 aromatic rings. The Hall–Kier alpha value is -2.98. The number of thiazole rings is 1. The maximum atomic E-state index is 14.1. The molecule has 0 saturated heterocycles. The first-order valence-corrected chi connectivity index (χ1v) is 13.9. The largest absolute Gasteiger partial charge is 0.508 e. The van der Waals surface area contributed by atoms with Crippen molar-refractivity contribution in [3.63, 3.8) is 0 Å². The number of rotatable bonds is 16. The highest BCUT2D eigenvalue weighted by Crippen LogP contribution is 2.26. The Morgan fingerprint density at radius 2 is 1.95 bits per heavy atom. The van der Waals surface area contributed by atoms with Gasteiger partial charge in [-0.3, -0.25) is 9.59 Å². The van der Waals surface area contributed by atoms with Gasteiger partial charge in [-0.05, 0) is 36.8 Å². The molecule has 1 aromatic heterocycles. The van der Waals surface area contributed by atoms with Crippen molar-refractivity contribution in [1.29, 1.82) is 0 Å². The molecule has 0 fully saturated rings. The van der Waals surface area contributed by atoms with Crippen LogP contribution in [0, 0.1) is 5.41 Å². The average molecular weight is 577 g/mol. The number of halogens is 1. The Morgan fingerprint density at radius 3 is 2.54 bits per heavy atom. The van der Waals surface area contributed by atoms with Gasteiger partial charge in [-0.25, -0.2) is 4.98 Å². The van der Waals surface area contributed by atoms with E-state index in [4.69, 9.17) is 21.4 Å². The van der Waals surface area contributed by atoms with Crippen LogP contribution >= 0.6 is 22.9 Å². The van der Waals surface area contributed by atoms with E-state index in [1.807, 2.05) is 26.8 Å². The zero-order valence-corrected chi connectivity index (χ0v) is 24.2. The maximum absolute atomic E-state index is 14.1. The molecule has 1 heterocycles. The summed E-state index contributed by atoms with van der Waals surface area (Å²) in [6.07, 6.45) is 5.06. The number of carboxylic acid groups (broad SMARTS) is 1. The molecule has 1 atom stereocenters. The van der Waals surface area contributed by atoms with E-state index in [0.717, 1.165) is 6.42 Å². The SMILES string of the molecule is C=C/C(O)=C(\C=C/CC)CO[C@H](Cc1nc(CCC(=O)O)cs1)C(=O)N(CC(C)(C)CO)c1ccc(Cl)cc1. The molecule has 1 aromatic carbocycles. The molecule has 1 amide bonds. The van der Waals surface area contributed by atoms with Crippen LogP contribution in [0.15, 0.2) is 65.8 Å². The number of carbonyl (C=O) groups excluding carboxylic acids is 1. The first-order chi connectivity index (χ1) is 18.5. The predicted molar refractivity (Wildman–Crippen MR) is 155 cm³/mol. The topological polar surface area (TPSA) is 120 Å². The molecule has 0 bridgehead atoms. The Morgan fingerprint density at radius 1 is 1.26 bits per heavy atom. The molecule has 0 spiro atoms. The second-order valence-electron chi connectivity index (χ2n) is 9.78. The normalized spacial score (nSPS) is 13.3. The second kappa shape index (κ2) is 15.6. The zero-order valence-electron chi connectivity index (χ0n) is 22.6. The van der Waals surface area contributed by atoms with Crippen LogP contribution in [-0.2, 0) is 27.2 Å². The highest BCUT2D eigenvalue weighted by Gasteiger charge is 2.32. The van der Waals surface area contributed by atoms with E-state index in [0.29, 0.717) is 27.0 Å². The van der Waals surface area contributed by atoms with E-state index in [1.54, 1.807) is 40.6 Å². The molecule has 0 radical (unpaired) electrons. The fourth-order valence-electron chi connectivity index (χ4n) is 3.53. The summed E-state index contributed by atoms with van der Waals surface area (Å²) in [5, 5.41) is 32.2.